The van der Waals surface area contributed by atoms with Gasteiger partial charge in [0.1, 0.15) is 6.04 Å². The molecule has 180 valence electrons. The van der Waals surface area contributed by atoms with Gasteiger partial charge in [-0.2, -0.15) is 4.91 Å². The molecule has 2 aliphatic heterocycles. The highest BCUT2D eigenvalue weighted by atomic mass is 16.5. The Labute approximate surface area is 199 Å². The molecule has 1 atom stereocenters. The van der Waals surface area contributed by atoms with Crippen molar-refractivity contribution in [2.24, 2.45) is 5.18 Å². The van der Waals surface area contributed by atoms with Crippen LogP contribution < -0.4 is 14.8 Å². The number of hydrogen-bond acceptors (Lipinski definition) is 7. The van der Waals surface area contributed by atoms with E-state index < -0.39 is 6.04 Å². The Morgan fingerprint density at radius 1 is 1.03 bits per heavy atom. The Hall–Kier alpha value is -3.46. The molecule has 1 fully saturated rings. The van der Waals surface area contributed by atoms with Crippen molar-refractivity contribution in [3.63, 3.8) is 0 Å². The van der Waals surface area contributed by atoms with Crippen LogP contribution in [-0.2, 0) is 11.2 Å². The lowest BCUT2D eigenvalue weighted by Gasteiger charge is -2.35. The van der Waals surface area contributed by atoms with Crippen molar-refractivity contribution < 1.29 is 19.1 Å². The molecule has 4 rings (SSSR count). The van der Waals surface area contributed by atoms with Crippen LogP contribution in [0.5, 0.6) is 11.5 Å². The molecule has 2 aromatic rings. The van der Waals surface area contributed by atoms with Gasteiger partial charge in [0.15, 0.2) is 11.5 Å². The number of aryl methyl sites for hydroxylation is 1. The number of anilines is 1. The molecule has 0 spiro atoms. The third kappa shape index (κ3) is 5.20. The second-order valence-electron chi connectivity index (χ2n) is 8.58. The number of nitrogens with zero attached hydrogens (tertiary/aromatic N) is 3. The number of piperazine rings is 1. The van der Waals surface area contributed by atoms with Crippen LogP contribution in [0.2, 0.25) is 0 Å². The summed E-state index contributed by atoms with van der Waals surface area (Å²) in [5.74, 6) is 1.21. The smallest absolute Gasteiger partial charge is 0.253 e. The summed E-state index contributed by atoms with van der Waals surface area (Å²) in [4.78, 5) is 40.2. The Morgan fingerprint density at radius 3 is 2.50 bits per heavy atom. The molecule has 2 amide bonds. The van der Waals surface area contributed by atoms with Crippen molar-refractivity contribution in [3.05, 3.63) is 58.0 Å². The average molecular weight is 467 g/mol. The van der Waals surface area contributed by atoms with E-state index in [9.17, 15) is 14.5 Å². The van der Waals surface area contributed by atoms with Gasteiger partial charge in [0.25, 0.3) is 5.91 Å². The third-order valence-electron chi connectivity index (χ3n) is 6.55. The van der Waals surface area contributed by atoms with E-state index in [0.717, 1.165) is 29.9 Å². The summed E-state index contributed by atoms with van der Waals surface area (Å²) < 4.78 is 10.6. The molecule has 9 heteroatoms. The van der Waals surface area contributed by atoms with Gasteiger partial charge in [-0.1, -0.05) is 11.2 Å². The van der Waals surface area contributed by atoms with Gasteiger partial charge in [0.05, 0.1) is 14.2 Å². The molecule has 1 unspecified atom stereocenters. The van der Waals surface area contributed by atoms with Crippen LogP contribution in [0.4, 0.5) is 5.69 Å². The summed E-state index contributed by atoms with van der Waals surface area (Å²) in [7, 11) is 3.13. The Kier molecular flexibility index (Phi) is 7.42. The molecule has 1 saturated heterocycles. The van der Waals surface area contributed by atoms with Gasteiger partial charge in [0, 0.05) is 50.4 Å². The number of carbonyl (C=O) groups is 2. The van der Waals surface area contributed by atoms with Crippen molar-refractivity contribution >= 4 is 17.5 Å². The van der Waals surface area contributed by atoms with Crippen LogP contribution >= 0.6 is 0 Å². The maximum atomic E-state index is 13.0. The topological polar surface area (TPSA) is 101 Å². The number of nitrogens with one attached hydrogen (secondary N) is 1. The zero-order valence-corrected chi connectivity index (χ0v) is 19.6. The molecule has 0 saturated carbocycles. The fraction of sp³-hybridized carbons (Fsp3) is 0.440. The highest BCUT2D eigenvalue weighted by molar-refractivity contribution is 5.98. The maximum Gasteiger partial charge on any atom is 0.253 e. The predicted molar refractivity (Wildman–Crippen MR) is 128 cm³/mol. The predicted octanol–water partition coefficient (Wildman–Crippen LogP) is 3.24. The number of hydrogen-bond donors (Lipinski definition) is 1. The van der Waals surface area contributed by atoms with Crippen LogP contribution in [0.1, 0.15) is 40.4 Å². The zero-order chi connectivity index (χ0) is 24.1. The molecule has 34 heavy (non-hydrogen) atoms. The second-order valence-corrected chi connectivity index (χ2v) is 8.58. The molecule has 1 N–H and O–H groups in total. The van der Waals surface area contributed by atoms with Gasteiger partial charge >= 0.3 is 0 Å². The van der Waals surface area contributed by atoms with E-state index in [4.69, 9.17) is 9.47 Å². The number of amides is 2. The third-order valence-corrected chi connectivity index (χ3v) is 6.55. The lowest BCUT2D eigenvalue weighted by atomic mass is 10.00. The monoisotopic (exact) mass is 466 g/mol. The Morgan fingerprint density at radius 2 is 1.79 bits per heavy atom. The lowest BCUT2D eigenvalue weighted by Crippen LogP contribution is -2.49. The highest BCUT2D eigenvalue weighted by Gasteiger charge is 2.25. The zero-order valence-electron chi connectivity index (χ0n) is 19.6. The highest BCUT2D eigenvalue weighted by Crippen LogP contribution is 2.32. The lowest BCUT2D eigenvalue weighted by molar-refractivity contribution is -0.116. The number of benzene rings is 2. The van der Waals surface area contributed by atoms with Gasteiger partial charge in [-0.05, 0) is 54.3 Å². The van der Waals surface area contributed by atoms with Crippen LogP contribution in [0, 0.1) is 4.91 Å². The summed E-state index contributed by atoms with van der Waals surface area (Å²) in [6.45, 7) is 3.45. The van der Waals surface area contributed by atoms with Crippen LogP contribution in [0.25, 0.3) is 0 Å². The van der Waals surface area contributed by atoms with E-state index in [1.807, 2.05) is 23.1 Å². The summed E-state index contributed by atoms with van der Waals surface area (Å²) in [6, 6.07) is 10.4. The van der Waals surface area contributed by atoms with Crippen LogP contribution in [-0.4, -0.2) is 68.6 Å². The minimum Gasteiger partial charge on any atom is -0.493 e. The number of fused-ring (bicyclic) bond motifs is 1. The van der Waals surface area contributed by atoms with Crippen LogP contribution in [0.3, 0.4) is 0 Å². The SMILES string of the molecule is COc1ccc(C(CCN2CCN(C(=O)c3ccc4c(c3)CCC(=O)N4)CC2)N=O)cc1OC. The minimum absolute atomic E-state index is 0.0112. The summed E-state index contributed by atoms with van der Waals surface area (Å²) in [5.41, 5.74) is 3.25. The molecule has 2 heterocycles. The standard InChI is InChI=1S/C25H30N4O5/c1-33-22-7-4-18(16-23(22)34-2)21(27-32)9-10-28-11-13-29(14-12-28)25(31)19-3-6-20-17(15-19)5-8-24(30)26-20/h3-4,6-7,15-16,21H,5,8-14H2,1-2H3,(H,26,30). The summed E-state index contributed by atoms with van der Waals surface area (Å²) >= 11 is 0. The quantitative estimate of drug-likeness (QED) is 0.600. The largest absolute Gasteiger partial charge is 0.493 e. The minimum atomic E-state index is -0.476. The van der Waals surface area contributed by atoms with Gasteiger partial charge in [-0.25, -0.2) is 0 Å². The molecule has 0 bridgehead atoms. The number of methoxy groups -OCH3 is 2. The fourth-order valence-electron chi connectivity index (χ4n) is 4.52. The average Bonchev–Trinajstić information content (AvgIpc) is 2.88. The molecule has 2 aromatic carbocycles. The first-order valence-electron chi connectivity index (χ1n) is 11.5. The van der Waals surface area contributed by atoms with Gasteiger partial charge in [0.2, 0.25) is 5.91 Å². The van der Waals surface area contributed by atoms with Crippen molar-refractivity contribution in [1.29, 1.82) is 0 Å². The molecule has 2 aliphatic rings. The maximum absolute atomic E-state index is 13.0. The van der Waals surface area contributed by atoms with E-state index in [-0.39, 0.29) is 11.8 Å². The second kappa shape index (κ2) is 10.6. The summed E-state index contributed by atoms with van der Waals surface area (Å²) in [6.07, 6.45) is 1.69. The first kappa shape index (κ1) is 23.7. The number of ether oxygens (including phenoxy) is 2. The normalized spacial score (nSPS) is 16.9. The van der Waals surface area contributed by atoms with E-state index in [1.54, 1.807) is 32.4 Å². The van der Waals surface area contributed by atoms with Crippen LogP contribution in [0.15, 0.2) is 41.6 Å². The Balaban J connectivity index is 1.30. The van der Waals surface area contributed by atoms with E-state index in [2.05, 4.69) is 15.4 Å². The molecule has 0 radical (unpaired) electrons. The molecule has 0 aromatic heterocycles. The number of nitroso groups, excluding NO2 is 1. The fourth-order valence-corrected chi connectivity index (χ4v) is 4.52. The van der Waals surface area contributed by atoms with E-state index >= 15 is 0 Å². The van der Waals surface area contributed by atoms with Gasteiger partial charge < -0.3 is 19.7 Å². The first-order chi connectivity index (χ1) is 16.5. The van der Waals surface area contributed by atoms with E-state index in [0.29, 0.717) is 56.0 Å². The number of rotatable bonds is 8. The number of carbonyl (C=O) groups excluding carboxylic acids is 2. The van der Waals surface area contributed by atoms with Crippen molar-refractivity contribution in [3.8, 4) is 11.5 Å². The first-order valence-corrected chi connectivity index (χ1v) is 11.5. The van der Waals surface area contributed by atoms with Crippen molar-refractivity contribution in [1.82, 2.24) is 9.80 Å². The van der Waals surface area contributed by atoms with E-state index in [1.165, 1.54) is 0 Å². The van der Waals surface area contributed by atoms with Gasteiger partial charge in [-0.15, -0.1) is 0 Å². The molecule has 9 nitrogen and oxygen atoms in total. The molecular weight excluding hydrogens is 436 g/mol. The van der Waals surface area contributed by atoms with Gasteiger partial charge in [-0.3, -0.25) is 14.5 Å². The Bertz CT molecular complexity index is 1070. The molecule has 0 aliphatic carbocycles. The molecular formula is C25H30N4O5. The van der Waals surface area contributed by atoms with Crippen molar-refractivity contribution in [2.45, 2.75) is 25.3 Å². The summed E-state index contributed by atoms with van der Waals surface area (Å²) in [5, 5.41) is 6.18. The van der Waals surface area contributed by atoms with Crippen molar-refractivity contribution in [2.75, 3.05) is 52.3 Å².